The maximum atomic E-state index is 14.1. The Labute approximate surface area is 214 Å². The second-order valence-electron chi connectivity index (χ2n) is 7.98. The van der Waals surface area contributed by atoms with E-state index in [1.165, 1.54) is 25.1 Å². The van der Waals surface area contributed by atoms with E-state index in [1.54, 1.807) is 38.2 Å². The molecule has 0 fully saturated rings. The van der Waals surface area contributed by atoms with Gasteiger partial charge in [0.1, 0.15) is 23.9 Å². The molecule has 192 valence electrons. The van der Waals surface area contributed by atoms with Crippen molar-refractivity contribution in [2.75, 3.05) is 19.5 Å². The third kappa shape index (κ3) is 4.96. The molecular formula is C24H21ClFN5O6. The number of carbonyl (C=O) groups is 1. The highest BCUT2D eigenvalue weighted by Crippen LogP contribution is 2.37. The number of ether oxygens (including phenoxy) is 2. The number of nitrogens with zero attached hydrogens (tertiary/aromatic N) is 4. The third-order valence-electron chi connectivity index (χ3n) is 5.26. The molecule has 0 radical (unpaired) electrons. The fourth-order valence-corrected chi connectivity index (χ4v) is 3.94. The van der Waals surface area contributed by atoms with Crippen molar-refractivity contribution in [3.63, 3.8) is 0 Å². The van der Waals surface area contributed by atoms with Crippen molar-refractivity contribution >= 4 is 45.8 Å². The van der Waals surface area contributed by atoms with Gasteiger partial charge in [-0.3, -0.25) is 10.1 Å². The Bertz CT molecular complexity index is 1520. The maximum absolute atomic E-state index is 14.1. The van der Waals surface area contributed by atoms with Gasteiger partial charge in [-0.15, -0.1) is 0 Å². The van der Waals surface area contributed by atoms with Crippen molar-refractivity contribution in [2.24, 2.45) is 0 Å². The van der Waals surface area contributed by atoms with Crippen LogP contribution < -0.4 is 14.9 Å². The van der Waals surface area contributed by atoms with Gasteiger partial charge in [0.25, 0.3) is 0 Å². The molecule has 13 heteroatoms. The summed E-state index contributed by atoms with van der Waals surface area (Å²) in [4.78, 5) is 37.4. The van der Waals surface area contributed by atoms with E-state index in [9.17, 15) is 19.3 Å². The van der Waals surface area contributed by atoms with E-state index in [0.717, 1.165) is 12.1 Å². The zero-order chi connectivity index (χ0) is 26.9. The molecule has 2 aromatic carbocycles. The fourth-order valence-electron chi connectivity index (χ4n) is 3.69. The summed E-state index contributed by atoms with van der Waals surface area (Å²) in [5.41, 5.74) is 0.555. The highest BCUT2D eigenvalue weighted by Gasteiger charge is 2.24. The minimum Gasteiger partial charge on any atom is -0.494 e. The lowest BCUT2D eigenvalue weighted by Gasteiger charge is -2.14. The summed E-state index contributed by atoms with van der Waals surface area (Å²) in [5, 5.41) is 15.1. The van der Waals surface area contributed by atoms with Gasteiger partial charge in [0.05, 0.1) is 40.7 Å². The molecule has 0 bridgehead atoms. The summed E-state index contributed by atoms with van der Waals surface area (Å²) in [7, 11) is 2.74. The molecule has 0 saturated heterocycles. The van der Waals surface area contributed by atoms with Crippen LogP contribution in [0.1, 0.15) is 24.2 Å². The molecule has 37 heavy (non-hydrogen) atoms. The fraction of sp³-hybridized carbons (Fsp3) is 0.208. The van der Waals surface area contributed by atoms with Crippen molar-refractivity contribution in [2.45, 2.75) is 20.0 Å². The van der Waals surface area contributed by atoms with Gasteiger partial charge in [0, 0.05) is 29.3 Å². The molecule has 0 aliphatic heterocycles. The number of rotatable bonds is 8. The Morgan fingerprint density at radius 1 is 1.27 bits per heavy atom. The lowest BCUT2D eigenvalue weighted by atomic mass is 10.1. The largest absolute Gasteiger partial charge is 0.494 e. The van der Waals surface area contributed by atoms with Gasteiger partial charge in [0.2, 0.25) is 11.8 Å². The van der Waals surface area contributed by atoms with E-state index in [0.29, 0.717) is 21.5 Å². The second-order valence-corrected chi connectivity index (χ2v) is 8.39. The Balaban J connectivity index is 1.90. The topological polar surface area (TPSA) is 131 Å². The van der Waals surface area contributed by atoms with Crippen LogP contribution in [0.5, 0.6) is 5.75 Å². The molecule has 0 atom stereocenters. The summed E-state index contributed by atoms with van der Waals surface area (Å²) in [6, 6.07) is 7.06. The van der Waals surface area contributed by atoms with Crippen molar-refractivity contribution in [3.8, 4) is 17.0 Å². The number of nitro groups is 1. The van der Waals surface area contributed by atoms with Crippen LogP contribution >= 0.6 is 11.6 Å². The minimum absolute atomic E-state index is 0.0145. The molecule has 4 aromatic rings. The molecule has 4 rings (SSSR count). The van der Waals surface area contributed by atoms with Crippen LogP contribution in [0.25, 0.3) is 22.2 Å². The third-order valence-corrected chi connectivity index (χ3v) is 5.56. The Morgan fingerprint density at radius 3 is 2.68 bits per heavy atom. The Kier molecular flexibility index (Phi) is 7.11. The summed E-state index contributed by atoms with van der Waals surface area (Å²) < 4.78 is 26.1. The highest BCUT2D eigenvalue weighted by atomic mass is 35.5. The van der Waals surface area contributed by atoms with Gasteiger partial charge in [-0.2, -0.15) is 9.12 Å². The number of nitro benzene ring substituents is 1. The zero-order valence-corrected chi connectivity index (χ0v) is 20.9. The number of esters is 1. The average molecular weight is 530 g/mol. The number of carbonyl (C=O) groups excluding carboxylic acids is 1. The van der Waals surface area contributed by atoms with Crippen LogP contribution in [0, 0.1) is 15.9 Å². The number of methoxy groups -OCH3 is 1. The summed E-state index contributed by atoms with van der Waals surface area (Å²) in [6.45, 7) is 3.41. The monoisotopic (exact) mass is 529 g/mol. The lowest BCUT2D eigenvalue weighted by molar-refractivity contribution is -0.387. The Morgan fingerprint density at radius 2 is 2.03 bits per heavy atom. The smallest absolute Gasteiger partial charge is 0.342 e. The number of aromatic nitrogens is 3. The van der Waals surface area contributed by atoms with Crippen molar-refractivity contribution in [3.05, 3.63) is 69.2 Å². The number of fused-ring (bicyclic) bond motifs is 1. The first kappa shape index (κ1) is 25.6. The van der Waals surface area contributed by atoms with Crippen molar-refractivity contribution in [1.29, 1.82) is 0 Å². The molecule has 0 aliphatic carbocycles. The van der Waals surface area contributed by atoms with Crippen LogP contribution in [-0.2, 0) is 4.74 Å². The van der Waals surface area contributed by atoms with E-state index in [1.807, 2.05) is 0 Å². The van der Waals surface area contributed by atoms with E-state index in [2.05, 4.69) is 15.3 Å². The van der Waals surface area contributed by atoms with Crippen LogP contribution in [0.2, 0.25) is 5.02 Å². The number of benzene rings is 2. The van der Waals surface area contributed by atoms with Crippen LogP contribution in [0.4, 0.5) is 21.7 Å². The van der Waals surface area contributed by atoms with Crippen molar-refractivity contribution in [1.82, 2.24) is 14.7 Å². The molecule has 0 saturated carbocycles. The number of para-hydroxylation sites is 1. The number of anilines is 2. The zero-order valence-electron chi connectivity index (χ0n) is 20.1. The van der Waals surface area contributed by atoms with E-state index >= 15 is 0 Å². The summed E-state index contributed by atoms with van der Waals surface area (Å²) >= 11 is 6.40. The minimum atomic E-state index is -1.06. The van der Waals surface area contributed by atoms with Gasteiger partial charge >= 0.3 is 11.7 Å². The van der Waals surface area contributed by atoms with Gasteiger partial charge in [-0.25, -0.2) is 14.8 Å². The van der Waals surface area contributed by atoms with Crippen LogP contribution in [0.3, 0.4) is 0 Å². The molecule has 0 unspecified atom stereocenters. The first-order chi connectivity index (χ1) is 17.6. The first-order valence-corrected chi connectivity index (χ1v) is 11.2. The van der Waals surface area contributed by atoms with Gasteiger partial charge in [-0.05, 0) is 19.9 Å². The van der Waals surface area contributed by atoms with Crippen LogP contribution in [0.15, 0.2) is 42.7 Å². The molecule has 0 amide bonds. The molecule has 1 N–H and O–H groups in total. The molecule has 2 heterocycles. The summed E-state index contributed by atoms with van der Waals surface area (Å²) in [5.74, 6) is -1.79. The van der Waals surface area contributed by atoms with E-state index < -0.39 is 28.5 Å². The molecule has 2 aromatic heterocycles. The molecule has 0 aliphatic rings. The predicted molar refractivity (Wildman–Crippen MR) is 134 cm³/mol. The number of hydrogen-bond acceptors (Lipinski definition) is 9. The maximum Gasteiger partial charge on any atom is 0.342 e. The van der Waals surface area contributed by atoms with E-state index in [-0.39, 0.29) is 28.6 Å². The van der Waals surface area contributed by atoms with Gasteiger partial charge in [-0.1, -0.05) is 23.7 Å². The SMILES string of the molecule is COc1cc(F)c([N+](=O)[O-])cc1Nc1ncc(C(=O)OC(C)C)c(-c2cn(OC)c3c(Cl)cccc23)n1. The quantitative estimate of drug-likeness (QED) is 0.186. The van der Waals surface area contributed by atoms with E-state index in [4.69, 9.17) is 25.9 Å². The lowest BCUT2D eigenvalue weighted by Crippen LogP contribution is -2.14. The molecule has 0 spiro atoms. The normalized spacial score (nSPS) is 11.0. The standard InChI is InChI=1S/C24H21ClFN5O6/c1-12(2)37-23(32)14-10-27-24(28-18-9-19(31(33)34)17(26)8-20(18)35-3)29-21(14)15-11-30(36-4)22-13(15)6-5-7-16(22)25/h5-12H,1-4H3,(H,27,28,29). The number of halogens is 2. The average Bonchev–Trinajstić information content (AvgIpc) is 3.24. The first-order valence-electron chi connectivity index (χ1n) is 10.9. The van der Waals surface area contributed by atoms with Gasteiger partial charge < -0.3 is 19.6 Å². The second kappa shape index (κ2) is 10.3. The van der Waals surface area contributed by atoms with Gasteiger partial charge in [0.15, 0.2) is 0 Å². The van der Waals surface area contributed by atoms with Crippen LogP contribution in [-0.4, -0.2) is 45.9 Å². The predicted octanol–water partition coefficient (Wildman–Crippen LogP) is 5.17. The number of nitrogens with one attached hydrogen (secondary N) is 1. The molecular weight excluding hydrogens is 509 g/mol. The van der Waals surface area contributed by atoms with Crippen molar-refractivity contribution < 1.29 is 28.4 Å². The Hall–Kier alpha value is -4.45. The number of hydrogen-bond donors (Lipinski definition) is 1. The summed E-state index contributed by atoms with van der Waals surface area (Å²) in [6.07, 6.45) is 2.47. The highest BCUT2D eigenvalue weighted by molar-refractivity contribution is 6.35. The molecule has 11 nitrogen and oxygen atoms in total.